The van der Waals surface area contributed by atoms with Gasteiger partial charge < -0.3 is 26.2 Å². The molecular formula is C21H25FN6O3S. The number of aliphatic hydroxyl groups is 2. The van der Waals surface area contributed by atoms with Crippen LogP contribution in [-0.2, 0) is 0 Å². The van der Waals surface area contributed by atoms with Crippen LogP contribution < -0.4 is 16.0 Å². The van der Waals surface area contributed by atoms with Crippen LogP contribution in [0.1, 0.15) is 43.0 Å². The number of rotatable bonds is 7. The van der Waals surface area contributed by atoms with Gasteiger partial charge in [0.05, 0.1) is 29.5 Å². The van der Waals surface area contributed by atoms with Gasteiger partial charge in [-0.15, -0.1) is 11.3 Å². The third-order valence-electron chi connectivity index (χ3n) is 5.38. The van der Waals surface area contributed by atoms with E-state index in [1.807, 2.05) is 0 Å². The van der Waals surface area contributed by atoms with E-state index in [4.69, 9.17) is 0 Å². The molecule has 1 atom stereocenters. The van der Waals surface area contributed by atoms with E-state index >= 15 is 0 Å². The summed E-state index contributed by atoms with van der Waals surface area (Å²) in [6, 6.07) is 2.56. The number of hydrogen-bond donors (Lipinski definition) is 5. The van der Waals surface area contributed by atoms with Gasteiger partial charge in [0.1, 0.15) is 16.2 Å². The second-order valence-corrected chi connectivity index (χ2v) is 8.78. The molecule has 1 amide bonds. The quantitative estimate of drug-likeness (QED) is 0.364. The lowest BCUT2D eigenvalue weighted by atomic mass is 9.93. The molecule has 1 aliphatic carbocycles. The summed E-state index contributed by atoms with van der Waals surface area (Å²) in [5.41, 5.74) is 2.84. The van der Waals surface area contributed by atoms with Crippen molar-refractivity contribution in [2.24, 2.45) is 0 Å². The zero-order valence-corrected chi connectivity index (χ0v) is 18.3. The van der Waals surface area contributed by atoms with E-state index in [9.17, 15) is 19.4 Å². The van der Waals surface area contributed by atoms with Gasteiger partial charge in [-0.1, -0.05) is 0 Å². The zero-order valence-electron chi connectivity index (χ0n) is 17.5. The normalized spacial score (nSPS) is 19.5. The van der Waals surface area contributed by atoms with Crippen LogP contribution in [0.4, 0.5) is 21.7 Å². The van der Waals surface area contributed by atoms with Gasteiger partial charge in [-0.2, -0.15) is 0 Å². The largest absolute Gasteiger partial charge is 0.394 e. The van der Waals surface area contributed by atoms with Crippen molar-refractivity contribution in [1.82, 2.24) is 20.3 Å². The Kier molecular flexibility index (Phi) is 6.77. The molecule has 5 N–H and O–H groups in total. The van der Waals surface area contributed by atoms with Crippen LogP contribution in [0.25, 0.3) is 10.3 Å². The molecule has 3 aromatic rings. The van der Waals surface area contributed by atoms with Gasteiger partial charge in [0.25, 0.3) is 5.91 Å². The summed E-state index contributed by atoms with van der Waals surface area (Å²) in [5, 5.41) is 28.1. The fourth-order valence-electron chi connectivity index (χ4n) is 3.60. The number of nitrogens with zero attached hydrogens (tertiary/aromatic N) is 3. The molecule has 0 spiro atoms. The molecule has 0 radical (unpaired) electrons. The maximum absolute atomic E-state index is 14.4. The zero-order chi connectivity index (χ0) is 22.7. The van der Waals surface area contributed by atoms with Crippen molar-refractivity contribution in [1.29, 1.82) is 0 Å². The first kappa shape index (κ1) is 22.3. The maximum Gasteiger partial charge on any atom is 0.255 e. The Balaban J connectivity index is 1.57. The second-order valence-electron chi connectivity index (χ2n) is 7.94. The van der Waals surface area contributed by atoms with E-state index in [0.717, 1.165) is 0 Å². The second kappa shape index (κ2) is 9.72. The summed E-state index contributed by atoms with van der Waals surface area (Å²) in [5.74, 6) is -0.558. The summed E-state index contributed by atoms with van der Waals surface area (Å²) in [6.45, 7) is 1.64. The lowest BCUT2D eigenvalue weighted by Crippen LogP contribution is -2.39. The lowest BCUT2D eigenvalue weighted by Gasteiger charge is -2.26. The van der Waals surface area contributed by atoms with Crippen molar-refractivity contribution in [3.8, 4) is 0 Å². The summed E-state index contributed by atoms with van der Waals surface area (Å²) < 4.78 is 14.4. The molecule has 1 aliphatic rings. The number of anilines is 3. The third kappa shape index (κ3) is 5.12. The van der Waals surface area contributed by atoms with Crippen molar-refractivity contribution in [2.45, 2.75) is 50.8 Å². The summed E-state index contributed by atoms with van der Waals surface area (Å²) in [7, 11) is 0. The van der Waals surface area contributed by atoms with E-state index < -0.39 is 5.82 Å². The molecule has 0 saturated heterocycles. The van der Waals surface area contributed by atoms with Crippen LogP contribution in [0.3, 0.4) is 0 Å². The highest BCUT2D eigenvalue weighted by molar-refractivity contribution is 7.16. The monoisotopic (exact) mass is 460 g/mol. The SMILES string of the molecule is C[C@@H](CO)Nc1cc(Nc2nc3scnc3cc2F)ncc1C(=O)NC1CCC(O)CC1. The highest BCUT2D eigenvalue weighted by Gasteiger charge is 2.23. The molecule has 170 valence electrons. The number of halogens is 1. The number of carbonyl (C=O) groups excluding carboxylic acids is 1. The van der Waals surface area contributed by atoms with Crippen molar-refractivity contribution < 1.29 is 19.4 Å². The standard InChI is InChI=1S/C21H25FN6O3S/c1-11(9-29)25-16-7-18(27-19-15(22)6-17-21(28-19)32-10-24-17)23-8-14(16)20(31)26-12-2-4-13(30)5-3-12/h6-8,10-13,29-30H,2-5,9H2,1H3,(H,26,31)(H2,23,25,27,28)/t11-,12?,13?/m0/s1. The fraction of sp³-hybridized carbons (Fsp3) is 0.429. The molecule has 3 heterocycles. The van der Waals surface area contributed by atoms with E-state index in [-0.39, 0.29) is 36.5 Å². The summed E-state index contributed by atoms with van der Waals surface area (Å²) in [4.78, 5) is 26.1. The topological polar surface area (TPSA) is 132 Å². The molecule has 4 rings (SSSR count). The van der Waals surface area contributed by atoms with Crippen LogP contribution >= 0.6 is 11.3 Å². The summed E-state index contributed by atoms with van der Waals surface area (Å²) >= 11 is 1.30. The van der Waals surface area contributed by atoms with E-state index in [1.165, 1.54) is 23.6 Å². The molecule has 0 bridgehead atoms. The Morgan fingerprint density at radius 2 is 2.06 bits per heavy atom. The van der Waals surface area contributed by atoms with Crippen LogP contribution in [0.15, 0.2) is 23.8 Å². The molecule has 0 aliphatic heterocycles. The Labute approximate surface area is 188 Å². The Morgan fingerprint density at radius 1 is 1.28 bits per heavy atom. The van der Waals surface area contributed by atoms with Gasteiger partial charge in [-0.3, -0.25) is 4.79 Å². The predicted octanol–water partition coefficient (Wildman–Crippen LogP) is 2.80. The number of carbonyl (C=O) groups is 1. The molecular weight excluding hydrogens is 435 g/mol. The minimum absolute atomic E-state index is 0.00775. The first-order valence-corrected chi connectivity index (χ1v) is 11.3. The summed E-state index contributed by atoms with van der Waals surface area (Å²) in [6.07, 6.45) is 3.82. The highest BCUT2D eigenvalue weighted by atomic mass is 32.1. The van der Waals surface area contributed by atoms with Crippen molar-refractivity contribution in [3.63, 3.8) is 0 Å². The number of nitrogens with one attached hydrogen (secondary N) is 3. The van der Waals surface area contributed by atoms with Gasteiger partial charge >= 0.3 is 0 Å². The fourth-order valence-corrected chi connectivity index (χ4v) is 4.24. The Hall–Kier alpha value is -2.89. The Bertz CT molecular complexity index is 1100. The number of aromatic nitrogens is 3. The first-order chi connectivity index (χ1) is 15.4. The molecule has 1 fully saturated rings. The number of hydrogen-bond acceptors (Lipinski definition) is 9. The number of aliphatic hydroxyl groups excluding tert-OH is 2. The molecule has 1 saturated carbocycles. The average Bonchev–Trinajstić information content (AvgIpc) is 3.22. The van der Waals surface area contributed by atoms with Gasteiger partial charge in [0, 0.05) is 30.4 Å². The van der Waals surface area contributed by atoms with E-state index in [0.29, 0.717) is 53.1 Å². The highest BCUT2D eigenvalue weighted by Crippen LogP contribution is 2.26. The van der Waals surface area contributed by atoms with Crippen molar-refractivity contribution in [3.05, 3.63) is 35.2 Å². The van der Waals surface area contributed by atoms with Crippen molar-refractivity contribution in [2.75, 3.05) is 17.2 Å². The predicted molar refractivity (Wildman–Crippen MR) is 121 cm³/mol. The smallest absolute Gasteiger partial charge is 0.255 e. The lowest BCUT2D eigenvalue weighted by molar-refractivity contribution is 0.0868. The van der Waals surface area contributed by atoms with Gasteiger partial charge in [0.15, 0.2) is 11.6 Å². The molecule has 9 nitrogen and oxygen atoms in total. The maximum atomic E-state index is 14.4. The number of pyridine rings is 2. The first-order valence-electron chi connectivity index (χ1n) is 10.5. The third-order valence-corrected chi connectivity index (χ3v) is 6.12. The molecule has 3 aromatic heterocycles. The molecule has 11 heteroatoms. The molecule has 0 unspecified atom stereocenters. The number of fused-ring (bicyclic) bond motifs is 1. The van der Waals surface area contributed by atoms with Crippen LogP contribution in [-0.4, -0.2) is 55.9 Å². The number of thiazole rings is 1. The number of amides is 1. The van der Waals surface area contributed by atoms with E-state index in [2.05, 4.69) is 30.9 Å². The van der Waals surface area contributed by atoms with Crippen LogP contribution in [0.5, 0.6) is 0 Å². The van der Waals surface area contributed by atoms with Crippen molar-refractivity contribution >= 4 is 44.9 Å². The van der Waals surface area contributed by atoms with Gasteiger partial charge in [-0.25, -0.2) is 19.3 Å². The molecule has 32 heavy (non-hydrogen) atoms. The van der Waals surface area contributed by atoms with Gasteiger partial charge in [-0.05, 0) is 32.6 Å². The minimum atomic E-state index is -0.565. The van der Waals surface area contributed by atoms with Crippen LogP contribution in [0, 0.1) is 5.82 Å². The minimum Gasteiger partial charge on any atom is -0.394 e. The molecule has 0 aromatic carbocycles. The van der Waals surface area contributed by atoms with E-state index in [1.54, 1.807) is 18.5 Å². The van der Waals surface area contributed by atoms with Crippen LogP contribution in [0.2, 0.25) is 0 Å². The van der Waals surface area contributed by atoms with Gasteiger partial charge in [0.2, 0.25) is 0 Å². The Morgan fingerprint density at radius 3 is 2.81 bits per heavy atom. The average molecular weight is 461 g/mol.